The number of benzene rings is 2. The van der Waals surface area contributed by atoms with Crippen LogP contribution in [-0.4, -0.2) is 29.0 Å². The number of nitrogens with zero attached hydrogens (tertiary/aromatic N) is 1. The van der Waals surface area contributed by atoms with E-state index in [1.54, 1.807) is 13.8 Å². The summed E-state index contributed by atoms with van der Waals surface area (Å²) >= 11 is 0. The standard InChI is InChI=1S/C21H19F2NO5/c1-10(2)19(26)17-18(11-4-7-16(29-3)15(25)8-11)24(21(28)20(17)27)12-5-6-13(22)14(23)9-12/h4-10,18,25,27H,1-3H3. The molecule has 1 aliphatic rings. The smallest absolute Gasteiger partial charge is 0.294 e. The van der Waals surface area contributed by atoms with Crippen LogP contribution in [0, 0.1) is 17.6 Å². The van der Waals surface area contributed by atoms with Gasteiger partial charge in [0.05, 0.1) is 18.7 Å². The van der Waals surface area contributed by atoms with Gasteiger partial charge in [0.15, 0.2) is 34.7 Å². The number of Topliss-reactive ketones (excluding diaryl/α,β-unsaturated/α-hetero) is 1. The van der Waals surface area contributed by atoms with Gasteiger partial charge in [-0.15, -0.1) is 0 Å². The Morgan fingerprint density at radius 3 is 2.34 bits per heavy atom. The molecule has 2 aromatic carbocycles. The summed E-state index contributed by atoms with van der Waals surface area (Å²) in [5, 5.41) is 20.6. The van der Waals surface area contributed by atoms with Gasteiger partial charge >= 0.3 is 0 Å². The number of hydrogen-bond donors (Lipinski definition) is 2. The maximum atomic E-state index is 13.8. The van der Waals surface area contributed by atoms with Crippen LogP contribution in [0.3, 0.4) is 0 Å². The molecule has 2 aromatic rings. The summed E-state index contributed by atoms with van der Waals surface area (Å²) in [5.74, 6) is -5.09. The molecule has 1 aliphatic heterocycles. The zero-order chi connectivity index (χ0) is 21.5. The molecular formula is C21H19F2NO5. The number of halogens is 2. The number of ketones is 1. The van der Waals surface area contributed by atoms with Crippen molar-refractivity contribution in [2.24, 2.45) is 5.92 Å². The Hall–Kier alpha value is -3.42. The highest BCUT2D eigenvalue weighted by molar-refractivity contribution is 6.16. The van der Waals surface area contributed by atoms with E-state index >= 15 is 0 Å². The summed E-state index contributed by atoms with van der Waals surface area (Å²) in [6, 6.07) is 5.91. The van der Waals surface area contributed by atoms with Gasteiger partial charge < -0.3 is 14.9 Å². The topological polar surface area (TPSA) is 87.1 Å². The Morgan fingerprint density at radius 2 is 1.79 bits per heavy atom. The minimum atomic E-state index is -1.19. The van der Waals surface area contributed by atoms with Crippen molar-refractivity contribution in [3.8, 4) is 11.5 Å². The minimum absolute atomic E-state index is 0.0488. The number of aliphatic hydroxyl groups is 1. The number of phenolic OH excluding ortho intramolecular Hbond substituents is 1. The van der Waals surface area contributed by atoms with Gasteiger partial charge in [-0.05, 0) is 29.8 Å². The number of methoxy groups -OCH3 is 1. The van der Waals surface area contributed by atoms with Gasteiger partial charge in [-0.25, -0.2) is 8.78 Å². The molecule has 2 N–H and O–H groups in total. The van der Waals surface area contributed by atoms with Gasteiger partial charge in [-0.1, -0.05) is 19.9 Å². The number of phenols is 1. The van der Waals surface area contributed by atoms with E-state index in [1.165, 1.54) is 31.4 Å². The van der Waals surface area contributed by atoms with E-state index in [4.69, 9.17) is 4.74 Å². The number of anilines is 1. The van der Waals surface area contributed by atoms with Crippen molar-refractivity contribution in [3.05, 3.63) is 64.9 Å². The van der Waals surface area contributed by atoms with Gasteiger partial charge in [0.25, 0.3) is 5.91 Å². The van der Waals surface area contributed by atoms with Crippen LogP contribution in [0.2, 0.25) is 0 Å². The fourth-order valence-electron chi connectivity index (χ4n) is 3.26. The molecule has 0 saturated heterocycles. The lowest BCUT2D eigenvalue weighted by atomic mass is 9.91. The Labute approximate surface area is 165 Å². The molecule has 152 valence electrons. The third kappa shape index (κ3) is 3.41. The van der Waals surface area contributed by atoms with Crippen LogP contribution in [0.5, 0.6) is 11.5 Å². The predicted octanol–water partition coefficient (Wildman–Crippen LogP) is 3.80. The molecule has 0 aliphatic carbocycles. The molecule has 0 fully saturated rings. The quantitative estimate of drug-likeness (QED) is 0.793. The highest BCUT2D eigenvalue weighted by Gasteiger charge is 2.45. The van der Waals surface area contributed by atoms with E-state index < -0.39 is 41.0 Å². The van der Waals surface area contributed by atoms with E-state index in [9.17, 15) is 28.6 Å². The first-order valence-corrected chi connectivity index (χ1v) is 8.80. The predicted molar refractivity (Wildman–Crippen MR) is 101 cm³/mol. The average Bonchev–Trinajstić information content (AvgIpc) is 2.94. The largest absolute Gasteiger partial charge is 0.504 e. The lowest BCUT2D eigenvalue weighted by Gasteiger charge is -2.27. The molecule has 1 heterocycles. The molecule has 0 aromatic heterocycles. The molecule has 1 unspecified atom stereocenters. The van der Waals surface area contributed by atoms with Crippen molar-refractivity contribution in [1.82, 2.24) is 0 Å². The molecular weight excluding hydrogens is 384 g/mol. The number of ether oxygens (including phenoxy) is 1. The number of carbonyl (C=O) groups is 2. The molecule has 6 nitrogen and oxygen atoms in total. The first-order valence-electron chi connectivity index (χ1n) is 8.80. The van der Waals surface area contributed by atoms with Crippen molar-refractivity contribution in [2.75, 3.05) is 12.0 Å². The van der Waals surface area contributed by atoms with Crippen LogP contribution >= 0.6 is 0 Å². The SMILES string of the molecule is COc1ccc(C2C(C(=O)C(C)C)=C(O)C(=O)N2c2ccc(F)c(F)c2)cc1O. The summed E-state index contributed by atoms with van der Waals surface area (Å²) in [7, 11) is 1.36. The number of rotatable bonds is 5. The number of amides is 1. The van der Waals surface area contributed by atoms with Crippen LogP contribution in [-0.2, 0) is 9.59 Å². The third-order valence-electron chi connectivity index (χ3n) is 4.70. The van der Waals surface area contributed by atoms with E-state index in [0.717, 1.165) is 17.0 Å². The number of hydrogen-bond acceptors (Lipinski definition) is 5. The molecule has 8 heteroatoms. The molecule has 29 heavy (non-hydrogen) atoms. The van der Waals surface area contributed by atoms with Crippen LogP contribution in [0.1, 0.15) is 25.5 Å². The summed E-state index contributed by atoms with van der Waals surface area (Å²) in [4.78, 5) is 26.6. The summed E-state index contributed by atoms with van der Waals surface area (Å²) in [6.45, 7) is 3.21. The Balaban J connectivity index is 2.22. The van der Waals surface area contributed by atoms with Crippen molar-refractivity contribution in [1.29, 1.82) is 0 Å². The Bertz CT molecular complexity index is 1030. The number of aliphatic hydroxyl groups excluding tert-OH is 1. The van der Waals surface area contributed by atoms with Gasteiger partial charge in [0, 0.05) is 17.7 Å². The summed E-state index contributed by atoms with van der Waals surface area (Å²) in [5.41, 5.74) is 0.0565. The molecule has 0 spiro atoms. The Kier molecular flexibility index (Phi) is 5.28. The summed E-state index contributed by atoms with van der Waals surface area (Å²) in [6.07, 6.45) is 0. The lowest BCUT2D eigenvalue weighted by Crippen LogP contribution is -2.31. The minimum Gasteiger partial charge on any atom is -0.504 e. The molecule has 0 bridgehead atoms. The fourth-order valence-corrected chi connectivity index (χ4v) is 3.26. The monoisotopic (exact) mass is 403 g/mol. The second-order valence-corrected chi connectivity index (χ2v) is 6.89. The number of aromatic hydroxyl groups is 1. The molecule has 1 atom stereocenters. The maximum absolute atomic E-state index is 13.8. The molecule has 3 rings (SSSR count). The van der Waals surface area contributed by atoms with Gasteiger partial charge in [0.1, 0.15) is 0 Å². The maximum Gasteiger partial charge on any atom is 0.294 e. The van der Waals surface area contributed by atoms with E-state index in [0.29, 0.717) is 0 Å². The Morgan fingerprint density at radius 1 is 1.10 bits per heavy atom. The third-order valence-corrected chi connectivity index (χ3v) is 4.70. The average molecular weight is 403 g/mol. The first kappa shape index (κ1) is 20.3. The normalized spacial score (nSPS) is 16.7. The van der Waals surface area contributed by atoms with Gasteiger partial charge in [0.2, 0.25) is 0 Å². The van der Waals surface area contributed by atoms with E-state index in [2.05, 4.69) is 0 Å². The van der Waals surface area contributed by atoms with Crippen LogP contribution in [0.15, 0.2) is 47.7 Å². The van der Waals surface area contributed by atoms with Crippen molar-refractivity contribution < 1.29 is 33.3 Å². The van der Waals surface area contributed by atoms with Crippen LogP contribution < -0.4 is 9.64 Å². The van der Waals surface area contributed by atoms with Gasteiger partial charge in [-0.2, -0.15) is 0 Å². The van der Waals surface area contributed by atoms with E-state index in [-0.39, 0.29) is 28.3 Å². The zero-order valence-corrected chi connectivity index (χ0v) is 15.9. The highest BCUT2D eigenvalue weighted by Crippen LogP contribution is 2.43. The molecule has 0 radical (unpaired) electrons. The van der Waals surface area contributed by atoms with Crippen LogP contribution in [0.25, 0.3) is 0 Å². The number of carbonyl (C=O) groups excluding carboxylic acids is 2. The van der Waals surface area contributed by atoms with Crippen LogP contribution in [0.4, 0.5) is 14.5 Å². The van der Waals surface area contributed by atoms with E-state index in [1.807, 2.05) is 0 Å². The fraction of sp³-hybridized carbons (Fsp3) is 0.238. The molecule has 1 amide bonds. The van der Waals surface area contributed by atoms with Crippen molar-refractivity contribution >= 4 is 17.4 Å². The first-order chi connectivity index (χ1) is 13.7. The zero-order valence-electron chi connectivity index (χ0n) is 15.9. The summed E-state index contributed by atoms with van der Waals surface area (Å²) < 4.78 is 32.2. The van der Waals surface area contributed by atoms with Crippen molar-refractivity contribution in [3.63, 3.8) is 0 Å². The van der Waals surface area contributed by atoms with Gasteiger partial charge in [-0.3, -0.25) is 14.5 Å². The second kappa shape index (κ2) is 7.54. The lowest BCUT2D eigenvalue weighted by molar-refractivity contribution is -0.119. The molecule has 0 saturated carbocycles. The second-order valence-electron chi connectivity index (χ2n) is 6.89. The van der Waals surface area contributed by atoms with Crippen molar-refractivity contribution in [2.45, 2.75) is 19.9 Å². The highest BCUT2D eigenvalue weighted by atomic mass is 19.2.